The molecule has 0 aromatic rings. The fourth-order valence-electron chi connectivity index (χ4n) is 9.98. The van der Waals surface area contributed by atoms with Gasteiger partial charge in [-0.15, -0.1) is 0 Å². The molecule has 7 heteroatoms. The van der Waals surface area contributed by atoms with Gasteiger partial charge in [0.25, 0.3) is 0 Å². The molecule has 5 nitrogen and oxygen atoms in total. The van der Waals surface area contributed by atoms with Crippen molar-refractivity contribution in [2.75, 3.05) is 20.3 Å². The second-order valence-corrected chi connectivity index (χ2v) is 13.8. The van der Waals surface area contributed by atoms with Gasteiger partial charge in [0.1, 0.15) is 17.4 Å². The summed E-state index contributed by atoms with van der Waals surface area (Å²) in [6, 6.07) is 0. The van der Waals surface area contributed by atoms with Crippen molar-refractivity contribution >= 4 is 18.2 Å². The van der Waals surface area contributed by atoms with E-state index in [1.165, 1.54) is 43.6 Å². The number of ketones is 1. The second-order valence-electron chi connectivity index (χ2n) is 13.8. The SMILES string of the molecule is C=NN(CCC(=O)C1CCC2C3CCC4CC(C)CCC4(COC)C3CCC12C)/N=C1/C=CC/C(F)=C(/F)CC1. The van der Waals surface area contributed by atoms with Crippen LogP contribution in [-0.4, -0.2) is 43.6 Å². The normalized spacial score (nSPS) is 42.4. The average Bonchev–Trinajstić information content (AvgIpc) is 3.30. The molecule has 5 aliphatic carbocycles. The van der Waals surface area contributed by atoms with Crippen LogP contribution in [0.2, 0.25) is 0 Å². The molecule has 222 valence electrons. The highest BCUT2D eigenvalue weighted by Gasteiger charge is 2.62. The van der Waals surface area contributed by atoms with Crippen LogP contribution in [0.4, 0.5) is 8.78 Å². The Bertz CT molecular complexity index is 1060. The standard InChI is InChI=1S/C33H49F2N3O2/c1-22-14-18-33(21-40-4)23(20-22)8-10-25-26-11-12-28(32(26,2)17-15-27(25)33)31(39)16-19-38(36-3)37-24-6-5-7-29(34)30(35)13-9-24/h5-6,22-23,25-28H,3,7-21H2,1-2,4H3/b6-5?,30-29-,37-24-. The molecule has 0 aliphatic heterocycles. The summed E-state index contributed by atoms with van der Waals surface area (Å²) in [5.74, 6) is 2.64. The summed E-state index contributed by atoms with van der Waals surface area (Å²) in [4.78, 5) is 13.7. The van der Waals surface area contributed by atoms with Gasteiger partial charge in [-0.2, -0.15) is 15.3 Å². The molecule has 5 aliphatic rings. The number of rotatable bonds is 8. The van der Waals surface area contributed by atoms with E-state index in [0.717, 1.165) is 43.6 Å². The third-order valence-electron chi connectivity index (χ3n) is 11.9. The predicted molar refractivity (Wildman–Crippen MR) is 156 cm³/mol. The Hall–Kier alpha value is -1.89. The van der Waals surface area contributed by atoms with E-state index in [2.05, 4.69) is 30.8 Å². The molecule has 0 bridgehead atoms. The molecule has 8 unspecified atom stereocenters. The van der Waals surface area contributed by atoms with Crippen LogP contribution in [0.5, 0.6) is 0 Å². The minimum absolute atomic E-state index is 0.0195. The first kappa shape index (κ1) is 29.6. The maximum Gasteiger partial charge on any atom is 0.138 e. The molecule has 0 heterocycles. The van der Waals surface area contributed by atoms with Crippen LogP contribution in [0.25, 0.3) is 0 Å². The Kier molecular flexibility index (Phi) is 8.99. The number of hydrogen-bond acceptors (Lipinski definition) is 5. The van der Waals surface area contributed by atoms with Crippen LogP contribution in [0.3, 0.4) is 0 Å². The zero-order valence-electron chi connectivity index (χ0n) is 24.8. The highest BCUT2D eigenvalue weighted by Crippen LogP contribution is 2.68. The molecular formula is C33H49F2N3O2. The number of carbonyl (C=O) groups is 1. The summed E-state index contributed by atoms with van der Waals surface area (Å²) < 4.78 is 33.3. The molecule has 0 N–H and O–H groups in total. The number of ether oxygens (including phenoxy) is 1. The fourth-order valence-corrected chi connectivity index (χ4v) is 9.98. The molecule has 8 atom stereocenters. The third-order valence-corrected chi connectivity index (χ3v) is 11.9. The molecule has 4 fully saturated rings. The number of hydrogen-bond donors (Lipinski definition) is 0. The van der Waals surface area contributed by atoms with Gasteiger partial charge in [-0.25, -0.2) is 8.78 Å². The van der Waals surface area contributed by atoms with Gasteiger partial charge in [0.2, 0.25) is 0 Å². The van der Waals surface area contributed by atoms with Crippen LogP contribution < -0.4 is 0 Å². The molecule has 5 rings (SSSR count). The first-order valence-electron chi connectivity index (χ1n) is 15.7. The van der Waals surface area contributed by atoms with Gasteiger partial charge in [0, 0.05) is 39.0 Å². The van der Waals surface area contributed by atoms with Gasteiger partial charge in [-0.05, 0) is 104 Å². The van der Waals surface area contributed by atoms with Gasteiger partial charge in [-0.3, -0.25) is 4.79 Å². The Morgan fingerprint density at radius 3 is 2.70 bits per heavy atom. The topological polar surface area (TPSA) is 54.3 Å². The average molecular weight is 558 g/mol. The van der Waals surface area contributed by atoms with E-state index < -0.39 is 11.7 Å². The van der Waals surface area contributed by atoms with Crippen molar-refractivity contribution < 1.29 is 18.3 Å². The van der Waals surface area contributed by atoms with Crippen LogP contribution in [0, 0.1) is 46.3 Å². The molecule has 0 radical (unpaired) electrons. The van der Waals surface area contributed by atoms with Crippen molar-refractivity contribution in [2.24, 2.45) is 56.5 Å². The van der Waals surface area contributed by atoms with Crippen LogP contribution in [0.15, 0.2) is 34.0 Å². The number of nitrogens with zero attached hydrogens (tertiary/aromatic N) is 3. The van der Waals surface area contributed by atoms with E-state index in [1.54, 1.807) is 12.2 Å². The largest absolute Gasteiger partial charge is 0.384 e. The summed E-state index contributed by atoms with van der Waals surface area (Å²) in [5, 5.41) is 9.95. The number of fused-ring (bicyclic) bond motifs is 5. The molecule has 0 aromatic heterocycles. The van der Waals surface area contributed by atoms with Crippen molar-refractivity contribution in [1.29, 1.82) is 0 Å². The summed E-state index contributed by atoms with van der Waals surface area (Å²) in [6.07, 6.45) is 15.0. The maximum absolute atomic E-state index is 13.8. The lowest BCUT2D eigenvalue weighted by Gasteiger charge is -2.62. The van der Waals surface area contributed by atoms with Crippen molar-refractivity contribution in [3.8, 4) is 0 Å². The number of hydrazone groups is 2. The van der Waals surface area contributed by atoms with E-state index in [0.29, 0.717) is 41.7 Å². The predicted octanol–water partition coefficient (Wildman–Crippen LogP) is 8.03. The quantitative estimate of drug-likeness (QED) is 0.224. The fraction of sp³-hybridized carbons (Fsp3) is 0.788. The van der Waals surface area contributed by atoms with E-state index in [1.807, 2.05) is 7.11 Å². The number of allylic oxidation sites excluding steroid dienone is 4. The molecular weight excluding hydrogens is 508 g/mol. The van der Waals surface area contributed by atoms with Crippen molar-refractivity contribution in [3.05, 3.63) is 23.8 Å². The van der Waals surface area contributed by atoms with Gasteiger partial charge in [0.15, 0.2) is 0 Å². The number of halogens is 2. The summed E-state index contributed by atoms with van der Waals surface area (Å²) >= 11 is 0. The lowest BCUT2D eigenvalue weighted by molar-refractivity contribution is -0.154. The highest BCUT2D eigenvalue weighted by molar-refractivity contribution is 5.95. The Morgan fingerprint density at radius 2 is 1.93 bits per heavy atom. The van der Waals surface area contributed by atoms with Gasteiger partial charge < -0.3 is 4.74 Å². The molecule has 0 aromatic carbocycles. The lowest BCUT2D eigenvalue weighted by atomic mass is 9.44. The minimum atomic E-state index is -0.719. The Morgan fingerprint density at radius 1 is 1.10 bits per heavy atom. The second kappa shape index (κ2) is 12.1. The van der Waals surface area contributed by atoms with Crippen molar-refractivity contribution in [1.82, 2.24) is 5.12 Å². The molecule has 0 spiro atoms. The minimum Gasteiger partial charge on any atom is -0.384 e. The van der Waals surface area contributed by atoms with Gasteiger partial charge in [0.05, 0.1) is 18.9 Å². The molecule has 0 saturated heterocycles. The van der Waals surface area contributed by atoms with Crippen molar-refractivity contribution in [3.63, 3.8) is 0 Å². The van der Waals surface area contributed by atoms with E-state index in [-0.39, 0.29) is 30.6 Å². The van der Waals surface area contributed by atoms with E-state index in [9.17, 15) is 13.6 Å². The van der Waals surface area contributed by atoms with E-state index in [4.69, 9.17) is 4.74 Å². The van der Waals surface area contributed by atoms with Crippen molar-refractivity contribution in [2.45, 2.75) is 97.3 Å². The maximum atomic E-state index is 13.8. The van der Waals surface area contributed by atoms with Crippen LogP contribution in [-0.2, 0) is 9.53 Å². The molecule has 0 amide bonds. The third kappa shape index (κ3) is 5.48. The smallest absolute Gasteiger partial charge is 0.138 e. The van der Waals surface area contributed by atoms with Gasteiger partial charge in [-0.1, -0.05) is 26.3 Å². The van der Waals surface area contributed by atoms with E-state index >= 15 is 0 Å². The first-order chi connectivity index (χ1) is 19.2. The summed E-state index contributed by atoms with van der Waals surface area (Å²) in [6.45, 7) is 9.72. The zero-order chi connectivity index (χ0) is 28.5. The van der Waals surface area contributed by atoms with Crippen LogP contribution >= 0.6 is 0 Å². The molecule has 40 heavy (non-hydrogen) atoms. The Labute approximate surface area is 239 Å². The highest BCUT2D eigenvalue weighted by atomic mass is 19.2. The monoisotopic (exact) mass is 557 g/mol. The molecule has 4 saturated carbocycles. The Balaban J connectivity index is 1.24. The van der Waals surface area contributed by atoms with Gasteiger partial charge >= 0.3 is 0 Å². The number of carbonyl (C=O) groups excluding carboxylic acids is 1. The summed E-state index contributed by atoms with van der Waals surface area (Å²) in [5.41, 5.74) is 1.01. The lowest BCUT2D eigenvalue weighted by Crippen LogP contribution is -2.56. The zero-order valence-corrected chi connectivity index (χ0v) is 24.8. The number of Topliss-reactive ketones (excluding diaryl/α,β-unsaturated/α-hetero) is 1. The van der Waals surface area contributed by atoms with Crippen LogP contribution in [0.1, 0.15) is 97.3 Å². The summed E-state index contributed by atoms with van der Waals surface area (Å²) in [7, 11) is 1.89. The number of methoxy groups -OCH3 is 1. The first-order valence-corrected chi connectivity index (χ1v) is 15.7.